The third kappa shape index (κ3) is 3.79. The zero-order valence-corrected chi connectivity index (χ0v) is 28.7. The molecule has 0 fully saturated rings. The highest BCUT2D eigenvalue weighted by Crippen LogP contribution is 2.45. The molecule has 0 spiro atoms. The van der Waals surface area contributed by atoms with Crippen molar-refractivity contribution in [3.8, 4) is 22.5 Å². The molecular formula is C48H28N2OS. The van der Waals surface area contributed by atoms with Gasteiger partial charge in [-0.1, -0.05) is 91.0 Å². The summed E-state index contributed by atoms with van der Waals surface area (Å²) in [5.74, 6) is 0. The van der Waals surface area contributed by atoms with E-state index in [1.54, 1.807) is 0 Å². The summed E-state index contributed by atoms with van der Waals surface area (Å²) in [5, 5.41) is 9.98. The zero-order chi connectivity index (χ0) is 33.9. The summed E-state index contributed by atoms with van der Waals surface area (Å²) in [6.45, 7) is 0. The largest absolute Gasteiger partial charge is 0.456 e. The lowest BCUT2D eigenvalue weighted by atomic mass is 9.99. The van der Waals surface area contributed by atoms with Crippen molar-refractivity contribution < 1.29 is 4.42 Å². The normalized spacial score (nSPS) is 12.2. The average molecular weight is 681 g/mol. The fourth-order valence-corrected chi connectivity index (χ4v) is 9.83. The van der Waals surface area contributed by atoms with E-state index in [4.69, 9.17) is 4.42 Å². The van der Waals surface area contributed by atoms with Crippen LogP contribution in [-0.2, 0) is 0 Å². The highest BCUT2D eigenvalue weighted by Gasteiger charge is 2.21. The first-order valence-corrected chi connectivity index (χ1v) is 18.5. The number of furan rings is 1. The molecule has 0 aliphatic rings. The van der Waals surface area contributed by atoms with Crippen LogP contribution in [0, 0.1) is 0 Å². The van der Waals surface area contributed by atoms with Crippen molar-refractivity contribution in [3.63, 3.8) is 0 Å². The first-order valence-electron chi connectivity index (χ1n) is 17.7. The van der Waals surface area contributed by atoms with Crippen LogP contribution in [0.3, 0.4) is 0 Å². The molecule has 12 aromatic rings. The minimum absolute atomic E-state index is 0.910. The van der Waals surface area contributed by atoms with Crippen molar-refractivity contribution in [3.05, 3.63) is 170 Å². The number of aromatic nitrogens is 2. The standard InChI is InChI=1S/C48H28N2OS/c1-3-11-31(12-4-1)49-37-22-20-29(27-36(37)46-38(49)23-25-42-47(46)34-15-7-9-17-41(34)51-42)30-19-21-33-40(28-30)50(32-13-5-2-6-14-32)39-24-26-44-48(45(33)39)35-16-8-10-18-43(35)52-44/h1-28H. The van der Waals surface area contributed by atoms with E-state index >= 15 is 0 Å². The Kier molecular flexibility index (Phi) is 5.65. The third-order valence-electron chi connectivity index (χ3n) is 10.9. The molecule has 0 saturated carbocycles. The molecule has 4 heteroatoms. The Morgan fingerprint density at radius 1 is 0.346 bits per heavy atom. The van der Waals surface area contributed by atoms with Crippen molar-refractivity contribution >= 4 is 97.1 Å². The SMILES string of the molecule is c1ccc(-n2c3ccc(-c4ccc5c6c7c(ccc6n(-c6ccccc6)c5c4)sc4ccccc47)cc3c3c4c(ccc32)oc2ccccc24)cc1. The number of benzene rings is 8. The zero-order valence-electron chi connectivity index (χ0n) is 27.9. The Hall–Kier alpha value is -6.62. The number of nitrogens with zero attached hydrogens (tertiary/aromatic N) is 2. The van der Waals surface area contributed by atoms with Crippen molar-refractivity contribution in [1.82, 2.24) is 9.13 Å². The highest BCUT2D eigenvalue weighted by molar-refractivity contribution is 7.26. The van der Waals surface area contributed by atoms with Crippen molar-refractivity contribution in [2.45, 2.75) is 0 Å². The molecule has 0 atom stereocenters. The Bertz CT molecular complexity index is 3400. The van der Waals surface area contributed by atoms with E-state index in [0.717, 1.165) is 33.3 Å². The summed E-state index contributed by atoms with van der Waals surface area (Å²) < 4.78 is 13.9. The van der Waals surface area contributed by atoms with Crippen molar-refractivity contribution in [2.24, 2.45) is 0 Å². The smallest absolute Gasteiger partial charge is 0.136 e. The molecule has 0 N–H and O–H groups in total. The Morgan fingerprint density at radius 2 is 0.962 bits per heavy atom. The van der Waals surface area contributed by atoms with Gasteiger partial charge in [0.15, 0.2) is 0 Å². The topological polar surface area (TPSA) is 23.0 Å². The molecule has 4 heterocycles. The first-order chi connectivity index (χ1) is 25.8. The molecule has 0 saturated heterocycles. The molecule has 0 unspecified atom stereocenters. The van der Waals surface area contributed by atoms with Gasteiger partial charge >= 0.3 is 0 Å². The van der Waals surface area contributed by atoms with E-state index in [2.05, 4.69) is 173 Å². The van der Waals surface area contributed by atoms with Gasteiger partial charge in [-0.05, 0) is 90.0 Å². The minimum atomic E-state index is 0.910. The molecule has 0 bridgehead atoms. The molecule has 0 radical (unpaired) electrons. The van der Waals surface area contributed by atoms with Crippen molar-refractivity contribution in [2.75, 3.05) is 0 Å². The van der Waals surface area contributed by atoms with Gasteiger partial charge in [0.25, 0.3) is 0 Å². The second-order valence-corrected chi connectivity index (χ2v) is 14.8. The van der Waals surface area contributed by atoms with E-state index in [-0.39, 0.29) is 0 Å². The molecule has 0 aliphatic heterocycles. The average Bonchev–Trinajstić information content (AvgIpc) is 3.95. The van der Waals surface area contributed by atoms with Gasteiger partial charge in [0.2, 0.25) is 0 Å². The molecule has 8 aromatic carbocycles. The van der Waals surface area contributed by atoms with Gasteiger partial charge in [0.05, 0.1) is 22.1 Å². The predicted molar refractivity (Wildman–Crippen MR) is 221 cm³/mol. The van der Waals surface area contributed by atoms with Crippen LogP contribution in [0.15, 0.2) is 174 Å². The summed E-state index contributed by atoms with van der Waals surface area (Å²) in [6.07, 6.45) is 0. The first kappa shape index (κ1) is 28.1. The Balaban J connectivity index is 1.17. The van der Waals surface area contributed by atoms with Gasteiger partial charge in [-0.25, -0.2) is 0 Å². The molecule has 242 valence electrons. The number of hydrogen-bond acceptors (Lipinski definition) is 2. The number of thiophene rings is 1. The van der Waals surface area contributed by atoms with E-state index in [9.17, 15) is 0 Å². The van der Waals surface area contributed by atoms with Gasteiger partial charge in [-0.3, -0.25) is 0 Å². The van der Waals surface area contributed by atoms with Gasteiger partial charge in [-0.15, -0.1) is 11.3 Å². The Morgan fingerprint density at radius 3 is 1.77 bits per heavy atom. The second-order valence-electron chi connectivity index (χ2n) is 13.7. The number of hydrogen-bond donors (Lipinski definition) is 0. The lowest BCUT2D eigenvalue weighted by Crippen LogP contribution is -1.93. The van der Waals surface area contributed by atoms with E-state index in [1.165, 1.54) is 74.9 Å². The third-order valence-corrected chi connectivity index (χ3v) is 12.0. The van der Waals surface area contributed by atoms with Gasteiger partial charge in [0.1, 0.15) is 11.2 Å². The molecule has 0 amide bonds. The van der Waals surface area contributed by atoms with Crippen LogP contribution in [0.4, 0.5) is 0 Å². The molecule has 3 nitrogen and oxygen atoms in total. The minimum Gasteiger partial charge on any atom is -0.456 e. The summed E-state index contributed by atoms with van der Waals surface area (Å²) in [5.41, 5.74) is 11.3. The maximum absolute atomic E-state index is 6.41. The summed E-state index contributed by atoms with van der Waals surface area (Å²) >= 11 is 1.88. The lowest BCUT2D eigenvalue weighted by Gasteiger charge is -2.10. The van der Waals surface area contributed by atoms with Crippen LogP contribution in [0.1, 0.15) is 0 Å². The fraction of sp³-hybridized carbons (Fsp3) is 0. The maximum atomic E-state index is 6.41. The summed E-state index contributed by atoms with van der Waals surface area (Å²) in [6, 6.07) is 61.6. The highest BCUT2D eigenvalue weighted by atomic mass is 32.1. The van der Waals surface area contributed by atoms with Crippen LogP contribution in [0.5, 0.6) is 0 Å². The second kappa shape index (κ2) is 10.5. The number of fused-ring (bicyclic) bond motifs is 14. The van der Waals surface area contributed by atoms with Crippen LogP contribution >= 0.6 is 11.3 Å². The van der Waals surface area contributed by atoms with Crippen molar-refractivity contribution in [1.29, 1.82) is 0 Å². The fourth-order valence-electron chi connectivity index (χ4n) is 8.72. The van der Waals surface area contributed by atoms with Gasteiger partial charge in [0, 0.05) is 63.9 Å². The molecule has 12 rings (SSSR count). The maximum Gasteiger partial charge on any atom is 0.136 e. The van der Waals surface area contributed by atoms with E-state index in [1.807, 2.05) is 17.4 Å². The van der Waals surface area contributed by atoms with Gasteiger partial charge in [-0.2, -0.15) is 0 Å². The van der Waals surface area contributed by atoms with Crippen LogP contribution in [0.25, 0.3) is 108 Å². The van der Waals surface area contributed by atoms with Crippen LogP contribution in [0.2, 0.25) is 0 Å². The number of rotatable bonds is 3. The predicted octanol–water partition coefficient (Wildman–Crippen LogP) is 13.8. The van der Waals surface area contributed by atoms with Crippen LogP contribution < -0.4 is 0 Å². The quantitative estimate of drug-likeness (QED) is 0.182. The van der Waals surface area contributed by atoms with Gasteiger partial charge < -0.3 is 13.6 Å². The Labute approximate surface area is 301 Å². The molecule has 52 heavy (non-hydrogen) atoms. The molecule has 4 aromatic heterocycles. The monoisotopic (exact) mass is 680 g/mol. The lowest BCUT2D eigenvalue weighted by molar-refractivity contribution is 0.669. The van der Waals surface area contributed by atoms with E-state index in [0.29, 0.717) is 0 Å². The molecule has 0 aliphatic carbocycles. The van der Waals surface area contributed by atoms with Crippen LogP contribution in [-0.4, -0.2) is 9.13 Å². The molecular weight excluding hydrogens is 653 g/mol. The van der Waals surface area contributed by atoms with E-state index < -0.39 is 0 Å². The number of para-hydroxylation sites is 3. The summed E-state index contributed by atoms with van der Waals surface area (Å²) in [7, 11) is 0. The summed E-state index contributed by atoms with van der Waals surface area (Å²) in [4.78, 5) is 0.